The number of aromatic nitrogens is 3. The third-order valence-electron chi connectivity index (χ3n) is 5.18. The first-order chi connectivity index (χ1) is 15.5. The van der Waals surface area contributed by atoms with E-state index in [0.717, 1.165) is 22.3 Å². The second-order valence-corrected chi connectivity index (χ2v) is 8.87. The highest BCUT2D eigenvalue weighted by Gasteiger charge is 2.23. The molecule has 1 heterocycles. The van der Waals surface area contributed by atoms with E-state index in [1.54, 1.807) is 0 Å². The van der Waals surface area contributed by atoms with Crippen molar-refractivity contribution in [3.8, 4) is 11.4 Å². The Morgan fingerprint density at radius 2 is 1.47 bits per heavy atom. The van der Waals surface area contributed by atoms with Crippen LogP contribution >= 0.6 is 11.8 Å². The Hall–Kier alpha value is -3.58. The van der Waals surface area contributed by atoms with Crippen molar-refractivity contribution in [2.24, 2.45) is 0 Å². The van der Waals surface area contributed by atoms with Crippen molar-refractivity contribution in [2.45, 2.75) is 30.3 Å². The molecule has 1 aromatic heterocycles. The van der Waals surface area contributed by atoms with Gasteiger partial charge in [-0.3, -0.25) is 4.79 Å². The molecule has 0 aliphatic heterocycles. The maximum atomic E-state index is 13.1. The lowest BCUT2D eigenvalue weighted by Gasteiger charge is -2.22. The van der Waals surface area contributed by atoms with Crippen molar-refractivity contribution in [1.29, 1.82) is 0 Å². The van der Waals surface area contributed by atoms with Gasteiger partial charge in [0.25, 0.3) is 0 Å². The van der Waals surface area contributed by atoms with Gasteiger partial charge in [-0.25, -0.2) is 4.68 Å². The quantitative estimate of drug-likeness (QED) is 0.328. The molecule has 0 aliphatic rings. The van der Waals surface area contributed by atoms with E-state index in [2.05, 4.69) is 15.5 Å². The lowest BCUT2D eigenvalue weighted by molar-refractivity contribution is -0.120. The first-order valence-corrected chi connectivity index (χ1v) is 11.3. The van der Waals surface area contributed by atoms with Crippen molar-refractivity contribution in [3.05, 3.63) is 102 Å². The fraction of sp³-hybridized carbons (Fsp3) is 0.160. The Morgan fingerprint density at radius 3 is 2.03 bits per heavy atom. The molecule has 0 radical (unpaired) electrons. The molecule has 1 amide bonds. The first kappa shape index (κ1) is 21.6. The van der Waals surface area contributed by atoms with Crippen LogP contribution in [0, 0.1) is 6.92 Å². The summed E-state index contributed by atoms with van der Waals surface area (Å²) in [5, 5.41) is 11.7. The van der Waals surface area contributed by atoms with Crippen LogP contribution in [0.4, 0.5) is 0 Å². The molecule has 1 unspecified atom stereocenters. The fourth-order valence-corrected chi connectivity index (χ4v) is 4.16. The van der Waals surface area contributed by atoms with Crippen LogP contribution in [-0.4, -0.2) is 26.0 Å². The number of carbonyl (C=O) groups is 1. The molecular weight excluding hydrogens is 418 g/mol. The van der Waals surface area contributed by atoms with E-state index in [-0.39, 0.29) is 11.9 Å². The number of aryl methyl sites for hydroxylation is 1. The molecule has 6 nitrogen and oxygen atoms in total. The summed E-state index contributed by atoms with van der Waals surface area (Å²) in [4.78, 5) is 13.1. The van der Waals surface area contributed by atoms with E-state index >= 15 is 0 Å². The van der Waals surface area contributed by atoms with E-state index in [4.69, 9.17) is 5.84 Å². The number of hydrogen-bond donors (Lipinski definition) is 2. The fourth-order valence-electron chi connectivity index (χ4n) is 3.38. The van der Waals surface area contributed by atoms with Crippen LogP contribution in [0.25, 0.3) is 11.4 Å². The van der Waals surface area contributed by atoms with Gasteiger partial charge in [-0.15, -0.1) is 10.2 Å². The minimum atomic E-state index is -0.415. The van der Waals surface area contributed by atoms with Gasteiger partial charge in [-0.05, 0) is 25.0 Å². The van der Waals surface area contributed by atoms with Crippen LogP contribution < -0.4 is 11.2 Å². The van der Waals surface area contributed by atoms with Gasteiger partial charge in [0, 0.05) is 5.56 Å². The van der Waals surface area contributed by atoms with E-state index in [9.17, 15) is 4.79 Å². The molecule has 4 aromatic rings. The molecule has 0 bridgehead atoms. The second kappa shape index (κ2) is 9.70. The normalized spacial score (nSPS) is 12.0. The molecule has 0 fully saturated rings. The summed E-state index contributed by atoms with van der Waals surface area (Å²) >= 11 is 1.28. The van der Waals surface area contributed by atoms with Crippen LogP contribution in [0.15, 0.2) is 90.1 Å². The van der Waals surface area contributed by atoms with Gasteiger partial charge in [-0.1, -0.05) is 102 Å². The third kappa shape index (κ3) is 4.84. The maximum Gasteiger partial charge on any atom is 0.234 e. The molecule has 32 heavy (non-hydrogen) atoms. The monoisotopic (exact) mass is 443 g/mol. The Kier molecular flexibility index (Phi) is 6.56. The molecule has 3 N–H and O–H groups in total. The summed E-state index contributed by atoms with van der Waals surface area (Å²) in [5.74, 6) is 6.70. The SMILES string of the molecule is Cc1ccc(-c2nnc(SC(C)C(=O)NC(c3ccccc3)c3ccccc3)n2N)cc1. The van der Waals surface area contributed by atoms with Crippen LogP contribution in [0.5, 0.6) is 0 Å². The zero-order valence-electron chi connectivity index (χ0n) is 18.0. The van der Waals surface area contributed by atoms with Crippen molar-refractivity contribution in [3.63, 3.8) is 0 Å². The van der Waals surface area contributed by atoms with Gasteiger partial charge in [0.05, 0.1) is 11.3 Å². The van der Waals surface area contributed by atoms with Gasteiger partial charge in [0.2, 0.25) is 11.1 Å². The molecule has 3 aromatic carbocycles. The van der Waals surface area contributed by atoms with Crippen molar-refractivity contribution in [2.75, 3.05) is 5.84 Å². The molecule has 4 rings (SSSR count). The Balaban J connectivity index is 1.50. The lowest BCUT2D eigenvalue weighted by Crippen LogP contribution is -2.35. The summed E-state index contributed by atoms with van der Waals surface area (Å²) in [6.45, 7) is 3.87. The number of nitrogens with zero attached hydrogens (tertiary/aromatic N) is 3. The minimum Gasteiger partial charge on any atom is -0.344 e. The Bertz CT molecular complexity index is 1140. The van der Waals surface area contributed by atoms with Gasteiger partial charge in [-0.2, -0.15) is 0 Å². The number of benzene rings is 3. The highest BCUT2D eigenvalue weighted by molar-refractivity contribution is 8.00. The summed E-state index contributed by atoms with van der Waals surface area (Å²) < 4.78 is 1.44. The largest absolute Gasteiger partial charge is 0.344 e. The van der Waals surface area contributed by atoms with Crippen molar-refractivity contribution >= 4 is 17.7 Å². The highest BCUT2D eigenvalue weighted by Crippen LogP contribution is 2.27. The summed E-state index contributed by atoms with van der Waals surface area (Å²) in [5.41, 5.74) is 4.08. The van der Waals surface area contributed by atoms with Crippen LogP contribution in [-0.2, 0) is 4.79 Å². The highest BCUT2D eigenvalue weighted by atomic mass is 32.2. The molecule has 0 saturated carbocycles. The van der Waals surface area contributed by atoms with Gasteiger partial charge < -0.3 is 11.2 Å². The molecule has 7 heteroatoms. The van der Waals surface area contributed by atoms with Gasteiger partial charge in [0.1, 0.15) is 0 Å². The maximum absolute atomic E-state index is 13.1. The molecule has 0 aliphatic carbocycles. The molecular formula is C25H25N5OS. The molecule has 162 valence electrons. The van der Waals surface area contributed by atoms with Crippen LogP contribution in [0.1, 0.15) is 29.7 Å². The topological polar surface area (TPSA) is 85.8 Å². The zero-order valence-corrected chi connectivity index (χ0v) is 18.8. The number of nitrogen functional groups attached to an aromatic ring is 1. The lowest BCUT2D eigenvalue weighted by atomic mass is 9.98. The summed E-state index contributed by atoms with van der Waals surface area (Å²) in [6, 6.07) is 27.5. The number of rotatable bonds is 7. The van der Waals surface area contributed by atoms with E-state index < -0.39 is 5.25 Å². The molecule has 0 spiro atoms. The number of nitrogens with one attached hydrogen (secondary N) is 1. The predicted molar refractivity (Wildman–Crippen MR) is 129 cm³/mol. The third-order valence-corrected chi connectivity index (χ3v) is 6.23. The van der Waals surface area contributed by atoms with E-state index in [1.165, 1.54) is 16.4 Å². The number of amides is 1. The summed E-state index contributed by atoms with van der Waals surface area (Å²) in [7, 11) is 0. The number of nitrogens with two attached hydrogens (primary N) is 1. The van der Waals surface area contributed by atoms with Crippen LogP contribution in [0.3, 0.4) is 0 Å². The average Bonchev–Trinajstić information content (AvgIpc) is 3.18. The first-order valence-electron chi connectivity index (χ1n) is 10.4. The van der Waals surface area contributed by atoms with Crippen molar-refractivity contribution in [1.82, 2.24) is 20.2 Å². The Morgan fingerprint density at radius 1 is 0.906 bits per heavy atom. The second-order valence-electron chi connectivity index (χ2n) is 7.57. The van der Waals surface area contributed by atoms with Gasteiger partial charge in [0.15, 0.2) is 5.82 Å². The molecule has 0 saturated heterocycles. The summed E-state index contributed by atoms with van der Waals surface area (Å²) in [6.07, 6.45) is 0. The van der Waals surface area contributed by atoms with Crippen molar-refractivity contribution < 1.29 is 4.79 Å². The average molecular weight is 444 g/mol. The molecule has 1 atom stereocenters. The Labute approximate surface area is 191 Å². The minimum absolute atomic E-state index is 0.104. The zero-order chi connectivity index (χ0) is 22.5. The number of hydrogen-bond acceptors (Lipinski definition) is 5. The smallest absolute Gasteiger partial charge is 0.234 e. The number of carbonyl (C=O) groups excluding carboxylic acids is 1. The predicted octanol–water partition coefficient (Wildman–Crippen LogP) is 4.35. The van der Waals surface area contributed by atoms with E-state index in [1.807, 2.05) is 98.8 Å². The van der Waals surface area contributed by atoms with E-state index in [0.29, 0.717) is 11.0 Å². The standard InChI is InChI=1S/C25H25N5OS/c1-17-13-15-21(16-14-17)23-28-29-25(30(23)26)32-18(2)24(31)27-22(19-9-5-3-6-10-19)20-11-7-4-8-12-20/h3-16,18,22H,26H2,1-2H3,(H,27,31). The number of thioether (sulfide) groups is 1. The van der Waals surface area contributed by atoms with Gasteiger partial charge >= 0.3 is 0 Å². The van der Waals surface area contributed by atoms with Crippen LogP contribution in [0.2, 0.25) is 0 Å².